The fourth-order valence-corrected chi connectivity index (χ4v) is 1.86. The number of aliphatic hydroxyl groups excluding tert-OH is 1. The third-order valence-electron chi connectivity index (χ3n) is 2.63. The highest BCUT2D eigenvalue weighted by atomic mass is 79.9. The Bertz CT molecular complexity index is 739. The smallest absolute Gasteiger partial charge is 0.317 e. The second-order valence-electron chi connectivity index (χ2n) is 4.25. The van der Waals surface area contributed by atoms with Gasteiger partial charge in [0.25, 0.3) is 0 Å². The van der Waals surface area contributed by atoms with Crippen LogP contribution in [0.2, 0.25) is 0 Å². The van der Waals surface area contributed by atoms with Crippen molar-refractivity contribution in [1.29, 1.82) is 0 Å². The number of hydrogen-bond acceptors (Lipinski definition) is 7. The molecule has 0 bridgehead atoms. The van der Waals surface area contributed by atoms with Gasteiger partial charge in [-0.1, -0.05) is 0 Å². The maximum absolute atomic E-state index is 13.1. The Morgan fingerprint density at radius 3 is 2.96 bits per heavy atom. The molecule has 1 aromatic carbocycles. The number of hydrogen-bond donors (Lipinski definition) is 2. The Morgan fingerprint density at radius 2 is 2.26 bits per heavy atom. The highest BCUT2D eigenvalue weighted by molar-refractivity contribution is 9.10. The lowest BCUT2D eigenvalue weighted by Crippen LogP contribution is -2.16. The Kier molecular flexibility index (Phi) is 6.12. The van der Waals surface area contributed by atoms with E-state index in [9.17, 15) is 4.39 Å². The first-order valence-electron chi connectivity index (χ1n) is 6.44. The van der Waals surface area contributed by atoms with Gasteiger partial charge in [0.15, 0.2) is 0 Å². The number of nitrogens with zero attached hydrogens (tertiary/aromatic N) is 4. The van der Waals surface area contributed by atoms with E-state index in [1.807, 2.05) is 0 Å². The molecular weight excluding hydrogens is 369 g/mol. The van der Waals surface area contributed by atoms with E-state index in [2.05, 4.69) is 36.0 Å². The van der Waals surface area contributed by atoms with Crippen LogP contribution in [-0.2, 0) is 6.61 Å². The van der Waals surface area contributed by atoms with Gasteiger partial charge in [-0.05, 0) is 40.2 Å². The summed E-state index contributed by atoms with van der Waals surface area (Å²) < 4.78 is 18.8. The van der Waals surface area contributed by atoms with E-state index in [1.54, 1.807) is 6.07 Å². The number of nitrogens with two attached hydrogens (primary N) is 1. The van der Waals surface area contributed by atoms with Gasteiger partial charge in [0.2, 0.25) is 0 Å². The predicted molar refractivity (Wildman–Crippen MR) is 87.3 cm³/mol. The van der Waals surface area contributed by atoms with Crippen LogP contribution in [0.4, 0.5) is 10.1 Å². The van der Waals surface area contributed by atoms with Crippen molar-refractivity contribution >= 4 is 33.5 Å². The standard InChI is InChI=1S/C14H13BrFN5O2/c15-12-5-9(1-2-13(12)16)19-6-11(21-17)8-23-14-18-4-3-10(7-22)20-14/h1-6,22H,7-8,17H2. The summed E-state index contributed by atoms with van der Waals surface area (Å²) >= 11 is 3.08. The zero-order valence-electron chi connectivity index (χ0n) is 11.9. The molecule has 0 saturated heterocycles. The number of rotatable bonds is 6. The molecule has 1 aromatic heterocycles. The van der Waals surface area contributed by atoms with Crippen LogP contribution in [0, 0.1) is 5.82 Å². The fourth-order valence-electron chi connectivity index (χ4n) is 1.49. The molecule has 2 aromatic rings. The maximum atomic E-state index is 13.1. The fraction of sp³-hybridized carbons (Fsp3) is 0.143. The van der Waals surface area contributed by atoms with E-state index in [-0.39, 0.29) is 25.0 Å². The molecule has 3 N–H and O–H groups in total. The van der Waals surface area contributed by atoms with Gasteiger partial charge in [0, 0.05) is 6.20 Å². The first kappa shape index (κ1) is 17.0. The van der Waals surface area contributed by atoms with Crippen LogP contribution in [0.3, 0.4) is 0 Å². The van der Waals surface area contributed by atoms with Gasteiger partial charge in [-0.15, -0.1) is 0 Å². The second kappa shape index (κ2) is 8.30. The van der Waals surface area contributed by atoms with Crippen molar-refractivity contribution < 1.29 is 14.2 Å². The van der Waals surface area contributed by atoms with Gasteiger partial charge < -0.3 is 15.7 Å². The SMILES string of the molecule is NN=C(C=Nc1ccc(F)c(Br)c1)COc1nccc(CO)n1. The summed E-state index contributed by atoms with van der Waals surface area (Å²) in [5.41, 5.74) is 1.30. The number of ether oxygens (including phenoxy) is 1. The second-order valence-corrected chi connectivity index (χ2v) is 5.11. The molecule has 0 amide bonds. The van der Waals surface area contributed by atoms with Crippen molar-refractivity contribution in [1.82, 2.24) is 9.97 Å². The summed E-state index contributed by atoms with van der Waals surface area (Å²) in [7, 11) is 0. The molecule has 0 radical (unpaired) electrons. The van der Waals surface area contributed by atoms with E-state index >= 15 is 0 Å². The summed E-state index contributed by atoms with van der Waals surface area (Å²) in [6.45, 7) is -0.213. The van der Waals surface area contributed by atoms with Crippen LogP contribution < -0.4 is 10.6 Å². The topological polar surface area (TPSA) is 106 Å². The molecule has 0 atom stereocenters. The van der Waals surface area contributed by atoms with E-state index in [0.29, 0.717) is 21.6 Å². The number of aliphatic imine (C=N–C) groups is 1. The molecule has 0 saturated carbocycles. The summed E-state index contributed by atoms with van der Waals surface area (Å²) in [5.74, 6) is 4.90. The highest BCUT2D eigenvalue weighted by Gasteiger charge is 2.03. The minimum absolute atomic E-state index is 0.00273. The average molecular weight is 382 g/mol. The van der Waals surface area contributed by atoms with Gasteiger partial charge in [-0.25, -0.2) is 9.37 Å². The van der Waals surface area contributed by atoms with Crippen molar-refractivity contribution in [3.63, 3.8) is 0 Å². The van der Waals surface area contributed by atoms with E-state index < -0.39 is 0 Å². The highest BCUT2D eigenvalue weighted by Crippen LogP contribution is 2.21. The Hall–Kier alpha value is -2.39. The lowest BCUT2D eigenvalue weighted by Gasteiger charge is -2.04. The molecule has 0 spiro atoms. The number of benzene rings is 1. The Morgan fingerprint density at radius 1 is 1.43 bits per heavy atom. The molecule has 2 rings (SSSR count). The summed E-state index contributed by atoms with van der Waals surface area (Å²) in [5, 5.41) is 12.5. The quantitative estimate of drug-likeness (QED) is 0.451. The predicted octanol–water partition coefficient (Wildman–Crippen LogP) is 1.97. The van der Waals surface area contributed by atoms with Crippen LogP contribution in [0.15, 0.2) is 45.0 Å². The number of halogens is 2. The lowest BCUT2D eigenvalue weighted by atomic mass is 10.3. The third-order valence-corrected chi connectivity index (χ3v) is 3.24. The van der Waals surface area contributed by atoms with Gasteiger partial charge >= 0.3 is 6.01 Å². The summed E-state index contributed by atoms with van der Waals surface area (Å²) in [4.78, 5) is 12.0. The van der Waals surface area contributed by atoms with Crippen molar-refractivity contribution in [2.45, 2.75) is 6.61 Å². The molecule has 0 unspecified atom stereocenters. The van der Waals surface area contributed by atoms with Gasteiger partial charge in [-0.3, -0.25) is 4.99 Å². The number of hydrazone groups is 1. The molecule has 23 heavy (non-hydrogen) atoms. The number of aromatic nitrogens is 2. The van der Waals surface area contributed by atoms with Crippen molar-refractivity contribution in [3.8, 4) is 6.01 Å². The molecule has 120 valence electrons. The molecule has 9 heteroatoms. The molecule has 0 aliphatic carbocycles. The van der Waals surface area contributed by atoms with Crippen molar-refractivity contribution in [3.05, 3.63) is 46.4 Å². The van der Waals surface area contributed by atoms with Gasteiger partial charge in [0.05, 0.1) is 28.7 Å². The summed E-state index contributed by atoms with van der Waals surface area (Å²) in [6.07, 6.45) is 2.87. The van der Waals surface area contributed by atoms with Crippen LogP contribution in [0.1, 0.15) is 5.69 Å². The average Bonchev–Trinajstić information content (AvgIpc) is 2.58. The molecule has 0 aliphatic heterocycles. The molecular formula is C14H13BrFN5O2. The maximum Gasteiger partial charge on any atom is 0.317 e. The zero-order chi connectivity index (χ0) is 16.7. The molecule has 7 nitrogen and oxygen atoms in total. The van der Waals surface area contributed by atoms with E-state index in [4.69, 9.17) is 15.7 Å². The third kappa shape index (κ3) is 5.08. The van der Waals surface area contributed by atoms with Crippen molar-refractivity contribution in [2.24, 2.45) is 15.9 Å². The Balaban J connectivity index is 1.99. The van der Waals surface area contributed by atoms with Gasteiger partial charge in [-0.2, -0.15) is 10.1 Å². The van der Waals surface area contributed by atoms with Crippen LogP contribution >= 0.6 is 15.9 Å². The largest absolute Gasteiger partial charge is 0.457 e. The minimum atomic E-state index is -0.374. The van der Waals surface area contributed by atoms with Crippen molar-refractivity contribution in [2.75, 3.05) is 6.61 Å². The van der Waals surface area contributed by atoms with Crippen LogP contribution in [0.5, 0.6) is 6.01 Å². The van der Waals surface area contributed by atoms with Gasteiger partial charge in [0.1, 0.15) is 18.1 Å². The van der Waals surface area contributed by atoms with Crippen LogP contribution in [-0.4, -0.2) is 33.6 Å². The molecule has 0 fully saturated rings. The minimum Gasteiger partial charge on any atom is -0.457 e. The van der Waals surface area contributed by atoms with E-state index in [1.165, 1.54) is 30.6 Å². The van der Waals surface area contributed by atoms with E-state index in [0.717, 1.165) is 0 Å². The first-order chi connectivity index (χ1) is 11.1. The normalized spacial score (nSPS) is 11.9. The Labute approximate surface area is 139 Å². The number of aliphatic hydroxyl groups is 1. The molecule has 0 aliphatic rings. The first-order valence-corrected chi connectivity index (χ1v) is 7.23. The van der Waals surface area contributed by atoms with Crippen LogP contribution in [0.25, 0.3) is 0 Å². The molecule has 1 heterocycles. The zero-order valence-corrected chi connectivity index (χ0v) is 13.4. The monoisotopic (exact) mass is 381 g/mol. The summed E-state index contributed by atoms with van der Waals surface area (Å²) in [6, 6.07) is 5.99. The lowest BCUT2D eigenvalue weighted by molar-refractivity contribution is 0.271.